The van der Waals surface area contributed by atoms with Crippen LogP contribution in [0.1, 0.15) is 49.7 Å². The van der Waals surface area contributed by atoms with Gasteiger partial charge in [-0.15, -0.1) is 0 Å². The molecule has 0 atom stereocenters. The van der Waals surface area contributed by atoms with Gasteiger partial charge in [-0.3, -0.25) is 0 Å². The van der Waals surface area contributed by atoms with Crippen molar-refractivity contribution in [1.82, 2.24) is 9.97 Å². The molecule has 0 spiro atoms. The van der Waals surface area contributed by atoms with Gasteiger partial charge >= 0.3 is 0 Å². The second-order valence-electron chi connectivity index (χ2n) is 4.68. The number of hydrogen-bond acceptors (Lipinski definition) is 3. The smallest absolute Gasteiger partial charge is 0.162 e. The third-order valence-corrected chi connectivity index (χ3v) is 3.94. The molecule has 94 valence electrons. The summed E-state index contributed by atoms with van der Waals surface area (Å²) in [6.45, 7) is 6.63. The first-order valence-electron chi connectivity index (χ1n) is 6.24. The van der Waals surface area contributed by atoms with Crippen LogP contribution >= 0.6 is 11.6 Å². The Morgan fingerprint density at radius 2 is 1.88 bits per heavy atom. The molecule has 0 unspecified atom stereocenters. The highest BCUT2D eigenvalue weighted by Gasteiger charge is 2.39. The molecule has 1 aliphatic carbocycles. The molecule has 0 N–H and O–H groups in total. The number of halogens is 1. The number of aromatic nitrogens is 2. The van der Waals surface area contributed by atoms with Crippen LogP contribution in [0.4, 0.5) is 0 Å². The lowest BCUT2D eigenvalue weighted by atomic mass is 10.0. The predicted octanol–water partition coefficient (Wildman–Crippen LogP) is 3.55. The molecule has 1 fully saturated rings. The average molecular weight is 255 g/mol. The quantitative estimate of drug-likeness (QED) is 0.774. The fourth-order valence-electron chi connectivity index (χ4n) is 2.45. The van der Waals surface area contributed by atoms with Crippen molar-refractivity contribution in [3.05, 3.63) is 22.2 Å². The Balaban J connectivity index is 2.43. The monoisotopic (exact) mass is 254 g/mol. The van der Waals surface area contributed by atoms with Crippen molar-refractivity contribution < 1.29 is 4.74 Å². The second-order valence-corrected chi connectivity index (χ2v) is 5.04. The Morgan fingerprint density at radius 1 is 1.24 bits per heavy atom. The van der Waals surface area contributed by atoms with E-state index in [0.717, 1.165) is 29.9 Å². The SMILES string of the molecule is CCOC1(c2nc(C)c(C)c(Cl)n2)CCCC1. The van der Waals surface area contributed by atoms with Crippen LogP contribution in [0.5, 0.6) is 0 Å². The molecule has 1 saturated carbocycles. The van der Waals surface area contributed by atoms with E-state index in [0.29, 0.717) is 11.8 Å². The van der Waals surface area contributed by atoms with Crippen molar-refractivity contribution in [3.8, 4) is 0 Å². The first-order chi connectivity index (χ1) is 8.09. The van der Waals surface area contributed by atoms with Gasteiger partial charge in [0.15, 0.2) is 5.82 Å². The zero-order valence-corrected chi connectivity index (χ0v) is 11.5. The lowest BCUT2D eigenvalue weighted by Crippen LogP contribution is -2.29. The molecule has 0 amide bonds. The predicted molar refractivity (Wildman–Crippen MR) is 68.3 cm³/mol. The van der Waals surface area contributed by atoms with E-state index in [4.69, 9.17) is 16.3 Å². The summed E-state index contributed by atoms with van der Waals surface area (Å²) in [5, 5.41) is 0.554. The van der Waals surface area contributed by atoms with Crippen LogP contribution in [-0.4, -0.2) is 16.6 Å². The molecule has 0 aliphatic heterocycles. The molecule has 0 saturated heterocycles. The third-order valence-electron chi connectivity index (χ3n) is 3.57. The summed E-state index contributed by atoms with van der Waals surface area (Å²) in [7, 11) is 0. The van der Waals surface area contributed by atoms with E-state index >= 15 is 0 Å². The lowest BCUT2D eigenvalue weighted by Gasteiger charge is -2.27. The largest absolute Gasteiger partial charge is 0.367 e. The highest BCUT2D eigenvalue weighted by Crippen LogP contribution is 2.41. The number of nitrogens with zero attached hydrogens (tertiary/aromatic N) is 2. The summed E-state index contributed by atoms with van der Waals surface area (Å²) in [5.74, 6) is 0.768. The molecule has 17 heavy (non-hydrogen) atoms. The Labute approximate surface area is 108 Å². The van der Waals surface area contributed by atoms with Crippen molar-refractivity contribution in [3.63, 3.8) is 0 Å². The van der Waals surface area contributed by atoms with Crippen molar-refractivity contribution in [1.29, 1.82) is 0 Å². The molecule has 3 nitrogen and oxygen atoms in total. The van der Waals surface area contributed by atoms with Crippen molar-refractivity contribution in [2.45, 2.75) is 52.1 Å². The van der Waals surface area contributed by atoms with E-state index in [9.17, 15) is 0 Å². The standard InChI is InChI=1S/C13H19ClN2O/c1-4-17-13(7-5-6-8-13)12-15-10(3)9(2)11(14)16-12/h4-8H2,1-3H3. The van der Waals surface area contributed by atoms with Crippen LogP contribution in [0, 0.1) is 13.8 Å². The second kappa shape index (κ2) is 4.91. The summed E-state index contributed by atoms with van der Waals surface area (Å²) < 4.78 is 5.94. The molecular formula is C13H19ClN2O. The van der Waals surface area contributed by atoms with E-state index < -0.39 is 0 Å². The van der Waals surface area contributed by atoms with E-state index in [1.807, 2.05) is 20.8 Å². The molecule has 1 aliphatic rings. The van der Waals surface area contributed by atoms with Crippen LogP contribution in [0.15, 0.2) is 0 Å². The molecule has 0 bridgehead atoms. The fourth-order valence-corrected chi connectivity index (χ4v) is 2.67. The number of hydrogen-bond donors (Lipinski definition) is 0. The van der Waals surface area contributed by atoms with Crippen molar-refractivity contribution >= 4 is 11.6 Å². The normalized spacial score (nSPS) is 18.6. The van der Waals surface area contributed by atoms with E-state index in [1.54, 1.807) is 0 Å². The Hall–Kier alpha value is -0.670. The van der Waals surface area contributed by atoms with Gasteiger partial charge < -0.3 is 4.74 Å². The van der Waals surface area contributed by atoms with Crippen LogP contribution in [0.2, 0.25) is 5.15 Å². The van der Waals surface area contributed by atoms with Crippen LogP contribution in [0.25, 0.3) is 0 Å². The van der Waals surface area contributed by atoms with Gasteiger partial charge in [0, 0.05) is 17.9 Å². The van der Waals surface area contributed by atoms with Gasteiger partial charge in [0.05, 0.1) is 0 Å². The van der Waals surface area contributed by atoms with Gasteiger partial charge in [-0.1, -0.05) is 11.6 Å². The van der Waals surface area contributed by atoms with Crippen LogP contribution in [-0.2, 0) is 10.3 Å². The minimum atomic E-state index is -0.295. The molecular weight excluding hydrogens is 236 g/mol. The van der Waals surface area contributed by atoms with Crippen molar-refractivity contribution in [2.75, 3.05) is 6.61 Å². The summed E-state index contributed by atoms with van der Waals surface area (Å²) in [6, 6.07) is 0. The molecule has 1 aromatic rings. The first-order valence-corrected chi connectivity index (χ1v) is 6.62. The molecule has 4 heteroatoms. The maximum absolute atomic E-state index is 6.15. The zero-order chi connectivity index (χ0) is 12.5. The summed E-state index contributed by atoms with van der Waals surface area (Å²) in [5.41, 5.74) is 1.61. The molecule has 2 rings (SSSR count). The van der Waals surface area contributed by atoms with Crippen LogP contribution < -0.4 is 0 Å². The molecule has 0 radical (unpaired) electrons. The summed E-state index contributed by atoms with van der Waals surface area (Å²) in [6.07, 6.45) is 4.35. The lowest BCUT2D eigenvalue weighted by molar-refractivity contribution is -0.0458. The minimum Gasteiger partial charge on any atom is -0.367 e. The number of aryl methyl sites for hydroxylation is 1. The van der Waals surface area contributed by atoms with Gasteiger partial charge in [-0.05, 0) is 46.5 Å². The topological polar surface area (TPSA) is 35.0 Å². The minimum absolute atomic E-state index is 0.295. The number of rotatable bonds is 3. The van der Waals surface area contributed by atoms with Crippen molar-refractivity contribution in [2.24, 2.45) is 0 Å². The molecule has 0 aromatic carbocycles. The number of ether oxygens (including phenoxy) is 1. The van der Waals surface area contributed by atoms with Gasteiger partial charge in [-0.25, -0.2) is 9.97 Å². The van der Waals surface area contributed by atoms with E-state index in [1.165, 1.54) is 12.8 Å². The maximum atomic E-state index is 6.15. The first kappa shape index (κ1) is 12.8. The third kappa shape index (κ3) is 2.31. The zero-order valence-electron chi connectivity index (χ0n) is 10.7. The van der Waals surface area contributed by atoms with Gasteiger partial charge in [0.25, 0.3) is 0 Å². The average Bonchev–Trinajstić information content (AvgIpc) is 2.75. The highest BCUT2D eigenvalue weighted by atomic mass is 35.5. The molecule has 1 heterocycles. The van der Waals surface area contributed by atoms with Crippen LogP contribution in [0.3, 0.4) is 0 Å². The van der Waals surface area contributed by atoms with E-state index in [-0.39, 0.29) is 5.60 Å². The fraction of sp³-hybridized carbons (Fsp3) is 0.692. The van der Waals surface area contributed by atoms with Gasteiger partial charge in [0.1, 0.15) is 10.8 Å². The maximum Gasteiger partial charge on any atom is 0.162 e. The Bertz CT molecular complexity index is 391. The Morgan fingerprint density at radius 3 is 2.41 bits per heavy atom. The Kier molecular flexibility index (Phi) is 3.69. The summed E-state index contributed by atoms with van der Waals surface area (Å²) >= 11 is 6.15. The summed E-state index contributed by atoms with van der Waals surface area (Å²) in [4.78, 5) is 9.02. The highest BCUT2D eigenvalue weighted by molar-refractivity contribution is 6.30. The molecule has 1 aromatic heterocycles. The van der Waals surface area contributed by atoms with Gasteiger partial charge in [-0.2, -0.15) is 0 Å². The van der Waals surface area contributed by atoms with Gasteiger partial charge in [0.2, 0.25) is 0 Å². The van der Waals surface area contributed by atoms with E-state index in [2.05, 4.69) is 9.97 Å².